The molecule has 0 spiro atoms. The molecule has 1 N–H and O–H groups in total. The fraction of sp³-hybridized carbons (Fsp3) is 0.320. The van der Waals surface area contributed by atoms with Crippen LogP contribution in [0.15, 0.2) is 64.0 Å². The number of carbonyl (C=O) groups is 2. The van der Waals surface area contributed by atoms with E-state index in [4.69, 9.17) is 9.15 Å². The van der Waals surface area contributed by atoms with E-state index in [0.29, 0.717) is 30.4 Å². The lowest BCUT2D eigenvalue weighted by Crippen LogP contribution is -2.30. The number of hydrogen-bond donors (Lipinski definition) is 1. The lowest BCUT2D eigenvalue weighted by atomic mass is 10.1. The Bertz CT molecular complexity index is 1250. The van der Waals surface area contributed by atoms with Gasteiger partial charge in [-0.3, -0.25) is 9.59 Å². The highest BCUT2D eigenvalue weighted by atomic mass is 32.2. The molecule has 10 heteroatoms. The van der Waals surface area contributed by atoms with Gasteiger partial charge in [0.15, 0.2) is 18.3 Å². The largest absolute Gasteiger partial charge is 0.456 e. The van der Waals surface area contributed by atoms with Gasteiger partial charge in [0.05, 0.1) is 17.5 Å². The minimum Gasteiger partial charge on any atom is -0.456 e. The van der Waals surface area contributed by atoms with Crippen LogP contribution >= 0.6 is 0 Å². The Balaban J connectivity index is 1.44. The van der Waals surface area contributed by atoms with E-state index in [0.717, 1.165) is 11.1 Å². The lowest BCUT2D eigenvalue weighted by molar-refractivity contribution is -0.147. The van der Waals surface area contributed by atoms with Crippen molar-refractivity contribution in [3.63, 3.8) is 0 Å². The monoisotopic (exact) mass is 499 g/mol. The fourth-order valence-electron chi connectivity index (χ4n) is 3.32. The molecule has 0 fully saturated rings. The van der Waals surface area contributed by atoms with E-state index in [9.17, 15) is 18.0 Å². The Labute approximate surface area is 205 Å². The summed E-state index contributed by atoms with van der Waals surface area (Å²) in [4.78, 5) is 28.5. The second-order valence-electron chi connectivity index (χ2n) is 7.81. The first-order valence-corrected chi connectivity index (χ1v) is 12.7. The van der Waals surface area contributed by atoms with Gasteiger partial charge in [-0.25, -0.2) is 13.4 Å². The molecule has 0 saturated heterocycles. The summed E-state index contributed by atoms with van der Waals surface area (Å²) >= 11 is 0. The molecule has 1 aromatic heterocycles. The van der Waals surface area contributed by atoms with Crippen molar-refractivity contribution >= 4 is 27.6 Å². The second kappa shape index (κ2) is 11.8. The van der Waals surface area contributed by atoms with Crippen molar-refractivity contribution in [2.75, 3.05) is 25.0 Å². The molecule has 1 amide bonds. The standard InChI is InChI=1S/C25H29N3O6S/c1-4-28(5-2)35(31,32)21-12-10-20(11-13-21)27-23(29)17-33-25(30)15-14-24-26-16-22(34-24)19-8-6-18(3)7-9-19/h6-13,16H,4-5,14-15,17H2,1-3H3,(H,27,29). The predicted octanol–water partition coefficient (Wildman–Crippen LogP) is 3.80. The number of ether oxygens (including phenoxy) is 1. The molecule has 0 radical (unpaired) electrons. The van der Waals surface area contributed by atoms with Crippen molar-refractivity contribution in [1.82, 2.24) is 9.29 Å². The van der Waals surface area contributed by atoms with Crippen LogP contribution in [-0.2, 0) is 30.8 Å². The van der Waals surface area contributed by atoms with Crippen molar-refractivity contribution in [2.45, 2.75) is 38.5 Å². The highest BCUT2D eigenvalue weighted by Crippen LogP contribution is 2.21. The number of oxazole rings is 1. The first-order valence-electron chi connectivity index (χ1n) is 11.3. The number of nitrogens with zero attached hydrogens (tertiary/aromatic N) is 2. The molecule has 0 atom stereocenters. The average molecular weight is 500 g/mol. The van der Waals surface area contributed by atoms with E-state index in [2.05, 4.69) is 10.3 Å². The van der Waals surface area contributed by atoms with E-state index in [1.807, 2.05) is 31.2 Å². The Morgan fingerprint density at radius 3 is 2.31 bits per heavy atom. The molecule has 2 aromatic carbocycles. The Hall–Kier alpha value is -3.50. The minimum absolute atomic E-state index is 0.0129. The lowest BCUT2D eigenvalue weighted by Gasteiger charge is -2.18. The van der Waals surface area contributed by atoms with Crippen LogP contribution in [0, 0.1) is 6.92 Å². The number of anilines is 1. The second-order valence-corrected chi connectivity index (χ2v) is 9.74. The molecule has 186 valence electrons. The summed E-state index contributed by atoms with van der Waals surface area (Å²) in [6, 6.07) is 13.7. The Kier molecular flexibility index (Phi) is 8.78. The fourth-order valence-corrected chi connectivity index (χ4v) is 4.78. The van der Waals surface area contributed by atoms with Crippen molar-refractivity contribution in [1.29, 1.82) is 0 Å². The van der Waals surface area contributed by atoms with Crippen molar-refractivity contribution in [2.24, 2.45) is 0 Å². The molecule has 3 aromatic rings. The number of hydrogen-bond acceptors (Lipinski definition) is 7. The van der Waals surface area contributed by atoms with E-state index in [-0.39, 0.29) is 17.7 Å². The topological polar surface area (TPSA) is 119 Å². The molecular formula is C25H29N3O6S. The molecule has 0 aliphatic heterocycles. The van der Waals surface area contributed by atoms with E-state index < -0.39 is 28.5 Å². The summed E-state index contributed by atoms with van der Waals surface area (Å²) in [5.41, 5.74) is 2.43. The van der Waals surface area contributed by atoms with Gasteiger partial charge in [0.1, 0.15) is 0 Å². The minimum atomic E-state index is -3.57. The quantitative estimate of drug-likeness (QED) is 0.399. The smallest absolute Gasteiger partial charge is 0.306 e. The Morgan fingerprint density at radius 2 is 1.69 bits per heavy atom. The average Bonchev–Trinajstić information content (AvgIpc) is 3.32. The molecule has 0 unspecified atom stereocenters. The van der Waals surface area contributed by atoms with E-state index in [1.54, 1.807) is 20.0 Å². The van der Waals surface area contributed by atoms with Gasteiger partial charge in [-0.15, -0.1) is 0 Å². The molecule has 0 aliphatic carbocycles. The summed E-state index contributed by atoms with van der Waals surface area (Å²) in [5, 5.41) is 2.58. The first-order chi connectivity index (χ1) is 16.7. The Morgan fingerprint density at radius 1 is 1.03 bits per heavy atom. The predicted molar refractivity (Wildman–Crippen MR) is 131 cm³/mol. The normalized spacial score (nSPS) is 11.4. The maximum absolute atomic E-state index is 12.5. The summed E-state index contributed by atoms with van der Waals surface area (Å²) in [6.45, 7) is 5.81. The zero-order chi connectivity index (χ0) is 25.4. The number of esters is 1. The molecular weight excluding hydrogens is 470 g/mol. The van der Waals surface area contributed by atoms with Crippen molar-refractivity contribution < 1.29 is 27.2 Å². The number of carbonyl (C=O) groups excluding carboxylic acids is 2. The van der Waals surface area contributed by atoms with Crippen LogP contribution in [0.4, 0.5) is 5.69 Å². The van der Waals surface area contributed by atoms with Crippen LogP contribution in [0.25, 0.3) is 11.3 Å². The third kappa shape index (κ3) is 7.00. The third-order valence-corrected chi connectivity index (χ3v) is 7.34. The van der Waals surface area contributed by atoms with E-state index >= 15 is 0 Å². The van der Waals surface area contributed by atoms with Gasteiger partial charge in [0.2, 0.25) is 10.0 Å². The maximum atomic E-state index is 12.5. The number of aryl methyl sites for hydroxylation is 2. The summed E-state index contributed by atoms with van der Waals surface area (Å²) in [7, 11) is -3.57. The van der Waals surface area contributed by atoms with Crippen LogP contribution in [-0.4, -0.2) is 49.3 Å². The van der Waals surface area contributed by atoms with Gasteiger partial charge < -0.3 is 14.5 Å². The molecule has 0 bridgehead atoms. The zero-order valence-corrected chi connectivity index (χ0v) is 20.8. The molecule has 1 heterocycles. The first kappa shape index (κ1) is 26.1. The highest BCUT2D eigenvalue weighted by molar-refractivity contribution is 7.89. The zero-order valence-electron chi connectivity index (χ0n) is 20.0. The van der Waals surface area contributed by atoms with Crippen molar-refractivity contribution in [3.8, 4) is 11.3 Å². The number of sulfonamides is 1. The third-order valence-electron chi connectivity index (χ3n) is 5.28. The number of amides is 1. The number of nitrogens with one attached hydrogen (secondary N) is 1. The van der Waals surface area contributed by atoms with Gasteiger partial charge in [-0.05, 0) is 31.2 Å². The highest BCUT2D eigenvalue weighted by Gasteiger charge is 2.21. The summed E-state index contributed by atoms with van der Waals surface area (Å²) in [5.74, 6) is -0.0724. The van der Waals surface area contributed by atoms with Crippen LogP contribution in [0.1, 0.15) is 31.7 Å². The molecule has 35 heavy (non-hydrogen) atoms. The SMILES string of the molecule is CCN(CC)S(=O)(=O)c1ccc(NC(=O)COC(=O)CCc2ncc(-c3ccc(C)cc3)o2)cc1. The molecule has 3 rings (SSSR count). The van der Waals surface area contributed by atoms with Crippen LogP contribution in [0.2, 0.25) is 0 Å². The number of benzene rings is 2. The van der Waals surface area contributed by atoms with Gasteiger partial charge in [0.25, 0.3) is 5.91 Å². The van der Waals surface area contributed by atoms with Gasteiger partial charge >= 0.3 is 5.97 Å². The summed E-state index contributed by atoms with van der Waals surface area (Å²) < 4.78 is 37.1. The van der Waals surface area contributed by atoms with Crippen LogP contribution in [0.3, 0.4) is 0 Å². The van der Waals surface area contributed by atoms with Gasteiger partial charge in [-0.2, -0.15) is 4.31 Å². The number of rotatable bonds is 11. The van der Waals surface area contributed by atoms with E-state index in [1.165, 1.54) is 28.6 Å². The van der Waals surface area contributed by atoms with Gasteiger partial charge in [-0.1, -0.05) is 43.7 Å². The van der Waals surface area contributed by atoms with Crippen LogP contribution in [0.5, 0.6) is 0 Å². The molecule has 0 aliphatic rings. The molecule has 0 saturated carbocycles. The van der Waals surface area contributed by atoms with Crippen LogP contribution < -0.4 is 5.32 Å². The maximum Gasteiger partial charge on any atom is 0.306 e. The van der Waals surface area contributed by atoms with Gasteiger partial charge in [0, 0.05) is 30.8 Å². The van der Waals surface area contributed by atoms with Crippen molar-refractivity contribution in [3.05, 3.63) is 66.2 Å². The number of aromatic nitrogens is 1. The molecule has 9 nitrogen and oxygen atoms in total. The summed E-state index contributed by atoms with van der Waals surface area (Å²) in [6.07, 6.45) is 1.87.